The molecule has 5 aromatic rings. The van der Waals surface area contributed by atoms with Gasteiger partial charge in [-0.1, -0.05) is 48.5 Å². The van der Waals surface area contributed by atoms with Gasteiger partial charge in [-0.3, -0.25) is 0 Å². The van der Waals surface area contributed by atoms with E-state index in [4.69, 9.17) is 18.9 Å². The van der Waals surface area contributed by atoms with Gasteiger partial charge in [0.05, 0.1) is 31.0 Å². The number of methoxy groups -OCH3 is 2. The molecule has 5 rings (SSSR count). The van der Waals surface area contributed by atoms with Crippen LogP contribution in [0.15, 0.2) is 83.3 Å². The lowest BCUT2D eigenvalue weighted by atomic mass is 10.0. The van der Waals surface area contributed by atoms with Crippen molar-refractivity contribution in [3.05, 3.63) is 78.9 Å². The molecule has 6 heteroatoms. The number of aromatic nitrogens is 3. The van der Waals surface area contributed by atoms with Crippen molar-refractivity contribution in [1.29, 1.82) is 0 Å². The molecule has 0 bridgehead atoms. The van der Waals surface area contributed by atoms with Crippen LogP contribution in [-0.4, -0.2) is 29.4 Å². The van der Waals surface area contributed by atoms with Crippen molar-refractivity contribution in [3.63, 3.8) is 0 Å². The van der Waals surface area contributed by atoms with E-state index in [9.17, 15) is 0 Å². The van der Waals surface area contributed by atoms with Crippen molar-refractivity contribution in [2.45, 2.75) is 0 Å². The number of hydrogen-bond acceptors (Lipinski definition) is 6. The summed E-state index contributed by atoms with van der Waals surface area (Å²) in [6, 6.07) is 25.4. The molecule has 31 heavy (non-hydrogen) atoms. The average molecular weight is 409 g/mol. The average Bonchev–Trinajstić information content (AvgIpc) is 3.33. The van der Waals surface area contributed by atoms with Crippen molar-refractivity contribution < 1.29 is 13.9 Å². The van der Waals surface area contributed by atoms with Crippen molar-refractivity contribution in [2.24, 2.45) is 0 Å². The molecular formula is C25H19N3O3. The predicted molar refractivity (Wildman–Crippen MR) is 119 cm³/mol. The van der Waals surface area contributed by atoms with Gasteiger partial charge in [-0.25, -0.2) is 4.98 Å². The maximum atomic E-state index is 6.08. The quantitative estimate of drug-likeness (QED) is 0.374. The third kappa shape index (κ3) is 3.48. The van der Waals surface area contributed by atoms with Crippen molar-refractivity contribution in [3.8, 4) is 45.7 Å². The first kappa shape index (κ1) is 18.8. The monoisotopic (exact) mass is 409 g/mol. The molecule has 0 unspecified atom stereocenters. The number of para-hydroxylation sites is 1. The highest BCUT2D eigenvalue weighted by molar-refractivity contribution is 5.94. The molecule has 152 valence electrons. The van der Waals surface area contributed by atoms with Crippen molar-refractivity contribution in [1.82, 2.24) is 15.2 Å². The first-order valence-electron chi connectivity index (χ1n) is 9.78. The van der Waals surface area contributed by atoms with E-state index in [1.165, 1.54) is 0 Å². The highest BCUT2D eigenvalue weighted by Crippen LogP contribution is 2.35. The zero-order chi connectivity index (χ0) is 21.2. The fraction of sp³-hybridized carbons (Fsp3) is 0.0800. The molecule has 0 saturated carbocycles. The Hall–Kier alpha value is -4.19. The van der Waals surface area contributed by atoms with E-state index in [1.54, 1.807) is 14.2 Å². The van der Waals surface area contributed by atoms with Gasteiger partial charge >= 0.3 is 0 Å². The van der Waals surface area contributed by atoms with E-state index in [2.05, 4.69) is 10.2 Å². The molecular weight excluding hydrogens is 390 g/mol. The number of pyridine rings is 1. The van der Waals surface area contributed by atoms with Gasteiger partial charge in [-0.05, 0) is 30.3 Å². The Kier molecular flexibility index (Phi) is 4.80. The van der Waals surface area contributed by atoms with Gasteiger partial charge in [0.15, 0.2) is 11.5 Å². The van der Waals surface area contributed by atoms with Crippen LogP contribution in [-0.2, 0) is 0 Å². The Morgan fingerprint density at radius 2 is 1.42 bits per heavy atom. The Bertz CT molecular complexity index is 1360. The number of rotatable bonds is 5. The minimum absolute atomic E-state index is 0.401. The Morgan fingerprint density at radius 1 is 0.677 bits per heavy atom. The van der Waals surface area contributed by atoms with E-state index in [0.717, 1.165) is 33.3 Å². The molecule has 0 radical (unpaired) electrons. The van der Waals surface area contributed by atoms with Gasteiger partial charge < -0.3 is 13.9 Å². The number of ether oxygens (including phenoxy) is 2. The van der Waals surface area contributed by atoms with E-state index in [-0.39, 0.29) is 0 Å². The molecule has 0 N–H and O–H groups in total. The highest BCUT2D eigenvalue weighted by atomic mass is 16.5. The zero-order valence-electron chi connectivity index (χ0n) is 17.1. The summed E-state index contributed by atoms with van der Waals surface area (Å²) in [5, 5.41) is 9.55. The lowest BCUT2D eigenvalue weighted by Crippen LogP contribution is -1.90. The van der Waals surface area contributed by atoms with Gasteiger partial charge in [-0.2, -0.15) is 0 Å². The topological polar surface area (TPSA) is 70.3 Å². The second-order valence-electron chi connectivity index (χ2n) is 6.92. The molecule has 0 atom stereocenters. The summed E-state index contributed by atoms with van der Waals surface area (Å²) in [5.41, 5.74) is 4.32. The number of fused-ring (bicyclic) bond motifs is 1. The molecule has 0 amide bonds. The smallest absolute Gasteiger partial charge is 0.248 e. The van der Waals surface area contributed by atoms with Crippen molar-refractivity contribution in [2.75, 3.05) is 14.2 Å². The van der Waals surface area contributed by atoms with Gasteiger partial charge in [0.25, 0.3) is 0 Å². The molecule has 0 aliphatic rings. The molecule has 2 heterocycles. The summed E-state index contributed by atoms with van der Waals surface area (Å²) in [7, 11) is 3.19. The lowest BCUT2D eigenvalue weighted by Gasteiger charge is -2.08. The summed E-state index contributed by atoms with van der Waals surface area (Å²) >= 11 is 0. The normalized spacial score (nSPS) is 10.9. The van der Waals surface area contributed by atoms with Gasteiger partial charge in [0.2, 0.25) is 11.8 Å². The summed E-state index contributed by atoms with van der Waals surface area (Å²) in [6.45, 7) is 0. The molecule has 3 aromatic carbocycles. The molecule has 0 saturated heterocycles. The summed E-state index contributed by atoms with van der Waals surface area (Å²) in [6.07, 6.45) is 0. The molecule has 6 nitrogen and oxygen atoms in total. The van der Waals surface area contributed by atoms with Crippen LogP contribution in [0.5, 0.6) is 11.5 Å². The molecule has 0 fully saturated rings. The Morgan fingerprint density at radius 3 is 2.23 bits per heavy atom. The Labute approximate surface area is 179 Å². The first-order chi connectivity index (χ1) is 15.3. The summed E-state index contributed by atoms with van der Waals surface area (Å²) in [5.74, 6) is 2.07. The minimum atomic E-state index is 0.401. The predicted octanol–water partition coefficient (Wildman–Crippen LogP) is 5.64. The molecule has 0 spiro atoms. The van der Waals surface area contributed by atoms with Crippen LogP contribution in [0.2, 0.25) is 0 Å². The largest absolute Gasteiger partial charge is 0.493 e. The first-order valence-corrected chi connectivity index (χ1v) is 9.78. The summed E-state index contributed by atoms with van der Waals surface area (Å²) < 4.78 is 16.8. The standard InChI is InChI=1S/C25H19N3O3/c1-29-22-13-12-17(14-23(22)30-2)24-27-28-25(31-24)19-15-21(16-8-4-3-5-9-16)26-20-11-7-6-10-18(19)20/h3-15H,1-2H3. The highest BCUT2D eigenvalue weighted by Gasteiger charge is 2.17. The number of hydrogen-bond donors (Lipinski definition) is 0. The number of nitrogens with zero attached hydrogens (tertiary/aromatic N) is 3. The molecule has 0 aliphatic heterocycles. The number of benzene rings is 3. The van der Waals surface area contributed by atoms with Crippen LogP contribution in [0, 0.1) is 0 Å². The Balaban J connectivity index is 1.63. The van der Waals surface area contributed by atoms with E-state index in [0.29, 0.717) is 23.3 Å². The molecule has 0 aliphatic carbocycles. The van der Waals surface area contributed by atoms with Crippen LogP contribution in [0.25, 0.3) is 45.1 Å². The van der Waals surface area contributed by atoms with Crippen LogP contribution in [0.4, 0.5) is 0 Å². The van der Waals surface area contributed by atoms with Crippen LogP contribution >= 0.6 is 0 Å². The van der Waals surface area contributed by atoms with Crippen LogP contribution < -0.4 is 9.47 Å². The molecule has 2 aromatic heterocycles. The maximum absolute atomic E-state index is 6.08. The van der Waals surface area contributed by atoms with E-state index >= 15 is 0 Å². The fourth-order valence-corrected chi connectivity index (χ4v) is 3.53. The summed E-state index contributed by atoms with van der Waals surface area (Å²) in [4.78, 5) is 4.82. The van der Waals surface area contributed by atoms with Gasteiger partial charge in [-0.15, -0.1) is 10.2 Å². The second-order valence-corrected chi connectivity index (χ2v) is 6.92. The zero-order valence-corrected chi connectivity index (χ0v) is 17.1. The van der Waals surface area contributed by atoms with Crippen LogP contribution in [0.3, 0.4) is 0 Å². The SMILES string of the molecule is COc1ccc(-c2nnc(-c3cc(-c4ccccc4)nc4ccccc34)o2)cc1OC. The third-order valence-electron chi connectivity index (χ3n) is 5.07. The maximum Gasteiger partial charge on any atom is 0.248 e. The van der Waals surface area contributed by atoms with Gasteiger partial charge in [0.1, 0.15) is 0 Å². The second kappa shape index (κ2) is 7.91. The van der Waals surface area contributed by atoms with Gasteiger partial charge in [0, 0.05) is 16.5 Å². The van der Waals surface area contributed by atoms with Crippen molar-refractivity contribution >= 4 is 10.9 Å². The van der Waals surface area contributed by atoms with E-state index in [1.807, 2.05) is 78.9 Å². The lowest BCUT2D eigenvalue weighted by molar-refractivity contribution is 0.355. The van der Waals surface area contributed by atoms with E-state index < -0.39 is 0 Å². The van der Waals surface area contributed by atoms with Crippen LogP contribution in [0.1, 0.15) is 0 Å². The fourth-order valence-electron chi connectivity index (χ4n) is 3.53. The minimum Gasteiger partial charge on any atom is -0.493 e. The third-order valence-corrected chi connectivity index (χ3v) is 5.07.